The Morgan fingerprint density at radius 1 is 1.13 bits per heavy atom. The van der Waals surface area contributed by atoms with E-state index in [1.165, 1.54) is 0 Å². The molecule has 2 atom stereocenters. The van der Waals surface area contributed by atoms with Gasteiger partial charge in [0.1, 0.15) is 6.61 Å². The number of benzene rings is 1. The normalized spacial score (nSPS) is 23.5. The van der Waals surface area contributed by atoms with E-state index in [1.54, 1.807) is 7.11 Å². The van der Waals surface area contributed by atoms with Crippen LogP contribution in [-0.4, -0.2) is 35.6 Å². The van der Waals surface area contributed by atoms with Crippen molar-refractivity contribution in [3.63, 3.8) is 0 Å². The van der Waals surface area contributed by atoms with Crippen LogP contribution in [0.4, 0.5) is 0 Å². The Morgan fingerprint density at radius 2 is 1.87 bits per heavy atom. The summed E-state index contributed by atoms with van der Waals surface area (Å²) >= 11 is 0. The summed E-state index contributed by atoms with van der Waals surface area (Å²) < 4.78 is 14.0. The second-order valence-corrected chi connectivity index (χ2v) is 8.46. The molecule has 1 saturated heterocycles. The Morgan fingerprint density at radius 3 is 2.58 bits per heavy atom. The van der Waals surface area contributed by atoms with Crippen molar-refractivity contribution in [1.82, 2.24) is 9.47 Å². The number of fused-ring (bicyclic) bond motifs is 1. The number of rotatable bonds is 4. The van der Waals surface area contributed by atoms with E-state index in [2.05, 4.69) is 4.57 Å². The van der Waals surface area contributed by atoms with Crippen LogP contribution in [0.5, 0.6) is 5.75 Å². The predicted molar refractivity (Wildman–Crippen MR) is 120 cm³/mol. The van der Waals surface area contributed by atoms with E-state index >= 15 is 0 Å². The lowest BCUT2D eigenvalue weighted by molar-refractivity contribution is 0.0494. The second kappa shape index (κ2) is 8.50. The zero-order chi connectivity index (χ0) is 22.2. The van der Waals surface area contributed by atoms with Crippen molar-refractivity contribution in [3.8, 4) is 5.75 Å². The van der Waals surface area contributed by atoms with Gasteiger partial charge in [-0.3, -0.25) is 9.59 Å². The third-order valence-corrected chi connectivity index (χ3v) is 6.76. The smallest absolute Gasteiger partial charge is 0.274 e. The van der Waals surface area contributed by atoms with Gasteiger partial charge in [0.15, 0.2) is 11.4 Å². The minimum atomic E-state index is -0.209. The lowest BCUT2D eigenvalue weighted by atomic mass is 9.88. The summed E-state index contributed by atoms with van der Waals surface area (Å²) in [6, 6.07) is 9.73. The molecule has 3 aliphatic heterocycles. The van der Waals surface area contributed by atoms with Crippen molar-refractivity contribution in [3.05, 3.63) is 63.1 Å². The lowest BCUT2D eigenvalue weighted by Gasteiger charge is -2.42. The van der Waals surface area contributed by atoms with Crippen molar-refractivity contribution < 1.29 is 14.3 Å². The topological polar surface area (TPSA) is 60.8 Å². The number of nitrogens with zero attached hydrogens (tertiary/aromatic N) is 2. The summed E-state index contributed by atoms with van der Waals surface area (Å²) in [6.07, 6.45) is 3.65. The van der Waals surface area contributed by atoms with Crippen molar-refractivity contribution in [2.24, 2.45) is 0 Å². The van der Waals surface area contributed by atoms with Crippen LogP contribution >= 0.6 is 0 Å². The van der Waals surface area contributed by atoms with Gasteiger partial charge in [-0.05, 0) is 31.7 Å². The van der Waals surface area contributed by atoms with Gasteiger partial charge in [0.2, 0.25) is 5.43 Å². The minimum Gasteiger partial charge on any atom is -0.483 e. The van der Waals surface area contributed by atoms with Crippen LogP contribution < -0.4 is 10.2 Å². The van der Waals surface area contributed by atoms with Gasteiger partial charge in [0.25, 0.3) is 5.91 Å². The van der Waals surface area contributed by atoms with Crippen LogP contribution in [0.15, 0.2) is 35.1 Å². The Hall–Kier alpha value is -2.60. The van der Waals surface area contributed by atoms with Crippen LogP contribution in [0.3, 0.4) is 0 Å². The van der Waals surface area contributed by atoms with Gasteiger partial charge in [-0.1, -0.05) is 44.2 Å². The molecule has 2 bridgehead atoms. The van der Waals surface area contributed by atoms with E-state index < -0.39 is 0 Å². The van der Waals surface area contributed by atoms with Gasteiger partial charge in [-0.2, -0.15) is 0 Å². The molecule has 4 heterocycles. The molecule has 5 rings (SSSR count). The number of carbonyl (C=O) groups is 1. The minimum absolute atomic E-state index is 0.0966. The monoisotopic (exact) mass is 424 g/mol. The van der Waals surface area contributed by atoms with Gasteiger partial charge in [0.05, 0.1) is 17.3 Å². The maximum Gasteiger partial charge on any atom is 0.274 e. The molecular weight excluding hydrogens is 392 g/mol. The van der Waals surface area contributed by atoms with Gasteiger partial charge in [-0.25, -0.2) is 0 Å². The first-order valence-corrected chi connectivity index (χ1v) is 11.3. The molecule has 0 saturated carbocycles. The molecule has 1 aromatic carbocycles. The molecule has 31 heavy (non-hydrogen) atoms. The summed E-state index contributed by atoms with van der Waals surface area (Å²) in [7, 11) is 1.69. The average molecular weight is 425 g/mol. The largest absolute Gasteiger partial charge is 0.483 e. The summed E-state index contributed by atoms with van der Waals surface area (Å²) in [5.41, 5.74) is 2.46. The van der Waals surface area contributed by atoms with E-state index in [0.29, 0.717) is 17.8 Å². The number of hydrogen-bond acceptors (Lipinski definition) is 4. The molecule has 3 aliphatic rings. The number of ether oxygens (including phenoxy) is 2. The highest BCUT2D eigenvalue weighted by Crippen LogP contribution is 2.50. The second-order valence-electron chi connectivity index (χ2n) is 8.46. The van der Waals surface area contributed by atoms with E-state index in [0.717, 1.165) is 43.5 Å². The van der Waals surface area contributed by atoms with E-state index in [-0.39, 0.29) is 35.3 Å². The summed E-state index contributed by atoms with van der Waals surface area (Å²) in [5, 5.41) is 0. The van der Waals surface area contributed by atoms with E-state index in [9.17, 15) is 9.59 Å². The summed E-state index contributed by atoms with van der Waals surface area (Å²) in [6.45, 7) is 7.51. The molecule has 0 aliphatic carbocycles. The molecule has 1 aromatic heterocycles. The SMILES string of the molecule is CC.COC1CC23CCCCN(C2)C(=O)c2c(OCc4ccccc4)c(=O)c(C)c1n23. The number of pyridine rings is 1. The Kier molecular flexibility index (Phi) is 5.93. The number of amides is 1. The first-order chi connectivity index (χ1) is 15.1. The molecule has 1 amide bonds. The van der Waals surface area contributed by atoms with Crippen molar-refractivity contribution >= 4 is 5.91 Å². The number of aromatic nitrogens is 1. The molecular formula is C25H32N2O4. The molecule has 2 unspecified atom stereocenters. The zero-order valence-corrected chi connectivity index (χ0v) is 18.9. The van der Waals surface area contributed by atoms with E-state index in [1.807, 2.05) is 56.0 Å². The molecule has 0 radical (unpaired) electrons. The number of carbonyl (C=O) groups excluding carboxylic acids is 1. The van der Waals surface area contributed by atoms with Crippen LogP contribution in [-0.2, 0) is 16.9 Å². The van der Waals surface area contributed by atoms with Gasteiger partial charge in [-0.15, -0.1) is 0 Å². The first-order valence-electron chi connectivity index (χ1n) is 11.3. The molecule has 1 spiro atoms. The third kappa shape index (κ3) is 3.37. The van der Waals surface area contributed by atoms with E-state index in [4.69, 9.17) is 9.47 Å². The molecule has 0 N–H and O–H groups in total. The third-order valence-electron chi connectivity index (χ3n) is 6.76. The highest BCUT2D eigenvalue weighted by molar-refractivity contribution is 5.96. The van der Waals surface area contributed by atoms with Crippen LogP contribution in [0.25, 0.3) is 0 Å². The number of hydrogen-bond donors (Lipinski definition) is 0. The van der Waals surface area contributed by atoms with Crippen LogP contribution in [0.1, 0.15) is 72.9 Å². The molecule has 2 aromatic rings. The van der Waals surface area contributed by atoms with Crippen LogP contribution in [0.2, 0.25) is 0 Å². The maximum atomic E-state index is 13.4. The Balaban J connectivity index is 0.00000112. The molecule has 166 valence electrons. The van der Waals surface area contributed by atoms with Gasteiger partial charge >= 0.3 is 0 Å². The summed E-state index contributed by atoms with van der Waals surface area (Å²) in [4.78, 5) is 28.7. The highest BCUT2D eigenvalue weighted by atomic mass is 16.5. The fraction of sp³-hybridized carbons (Fsp3) is 0.520. The van der Waals surface area contributed by atoms with Crippen LogP contribution in [0, 0.1) is 6.92 Å². The standard InChI is InChI=1S/C23H26N2O4.C2H6/c1-15-18-17(28-2)12-23-10-6-7-11-24(14-23)22(27)19(25(18)23)21(20(15)26)29-13-16-8-4-3-5-9-16;1-2/h3-5,8-9,17H,6-7,10-14H2,1-2H3;1-2H3. The Labute approximate surface area is 183 Å². The fourth-order valence-electron chi connectivity index (χ4n) is 5.39. The van der Waals surface area contributed by atoms with Gasteiger partial charge in [0, 0.05) is 32.2 Å². The molecule has 6 heteroatoms. The highest BCUT2D eigenvalue weighted by Gasteiger charge is 2.53. The zero-order valence-electron chi connectivity index (χ0n) is 18.9. The van der Waals surface area contributed by atoms with Crippen molar-refractivity contribution in [2.75, 3.05) is 20.2 Å². The van der Waals surface area contributed by atoms with Gasteiger partial charge < -0.3 is 18.9 Å². The molecule has 1 fully saturated rings. The number of methoxy groups -OCH3 is 1. The van der Waals surface area contributed by atoms with Crippen molar-refractivity contribution in [2.45, 2.75) is 64.7 Å². The fourth-order valence-corrected chi connectivity index (χ4v) is 5.39. The Bertz CT molecular complexity index is 1030. The predicted octanol–water partition coefficient (Wildman–Crippen LogP) is 4.19. The summed E-state index contributed by atoms with van der Waals surface area (Å²) in [5.74, 6) is 0.0912. The quantitative estimate of drug-likeness (QED) is 0.738. The first kappa shape index (κ1) is 21.6. The van der Waals surface area contributed by atoms with Crippen molar-refractivity contribution in [1.29, 1.82) is 0 Å². The average Bonchev–Trinajstić information content (AvgIpc) is 2.99. The lowest BCUT2D eigenvalue weighted by Crippen LogP contribution is -2.52. The maximum absolute atomic E-state index is 13.4. The molecule has 6 nitrogen and oxygen atoms in total.